The molecule has 0 fully saturated rings. The van der Waals surface area contributed by atoms with Crippen molar-refractivity contribution in [2.45, 2.75) is 6.18 Å². The van der Waals surface area contributed by atoms with E-state index in [0.29, 0.717) is 5.56 Å². The summed E-state index contributed by atoms with van der Waals surface area (Å²) in [6.07, 6.45) is -3.30. The first-order valence-electron chi connectivity index (χ1n) is 6.14. The molecule has 116 valence electrons. The lowest BCUT2D eigenvalue weighted by atomic mass is 10.0. The molecule has 4 nitrogen and oxygen atoms in total. The summed E-state index contributed by atoms with van der Waals surface area (Å²) >= 11 is 5.18. The fraction of sp³-hybridized carbons (Fsp3) is 0.214. The predicted octanol–water partition coefficient (Wildman–Crippen LogP) is 2.95. The Hall–Kier alpha value is -2.22. The number of para-hydroxylation sites is 1. The van der Waals surface area contributed by atoms with E-state index in [4.69, 9.17) is 17.3 Å². The quantitative estimate of drug-likeness (QED) is 0.878. The normalized spacial score (nSPS) is 11.5. The highest BCUT2D eigenvalue weighted by Crippen LogP contribution is 2.34. The molecule has 0 unspecified atom stereocenters. The summed E-state index contributed by atoms with van der Waals surface area (Å²) in [6, 6.07) is 5.18. The Morgan fingerprint density at radius 3 is 2.64 bits per heavy atom. The number of carboxylic acid groups (broad SMARTS) is 1. The highest BCUT2D eigenvalue weighted by molar-refractivity contribution is 7.80. The van der Waals surface area contributed by atoms with Crippen LogP contribution in [0.5, 0.6) is 0 Å². The number of aliphatic carboxylic acids is 1. The minimum absolute atomic E-state index is 0.147. The Morgan fingerprint density at radius 2 is 2.05 bits per heavy atom. The molecule has 0 aliphatic rings. The van der Waals surface area contributed by atoms with E-state index in [9.17, 15) is 18.0 Å². The van der Waals surface area contributed by atoms with E-state index in [1.54, 1.807) is 0 Å². The van der Waals surface area contributed by atoms with Crippen LogP contribution in [0.15, 0.2) is 30.5 Å². The third-order valence-electron chi connectivity index (χ3n) is 3.03. The van der Waals surface area contributed by atoms with Gasteiger partial charge >= 0.3 is 12.1 Å². The van der Waals surface area contributed by atoms with Gasteiger partial charge in [0.25, 0.3) is 0 Å². The zero-order valence-corrected chi connectivity index (χ0v) is 12.2. The minimum atomic E-state index is -4.53. The molecule has 22 heavy (non-hydrogen) atoms. The van der Waals surface area contributed by atoms with E-state index in [1.165, 1.54) is 36.3 Å². The average molecular weight is 328 g/mol. The number of aromatic nitrogens is 1. The van der Waals surface area contributed by atoms with Crippen LogP contribution in [-0.4, -0.2) is 39.5 Å². The van der Waals surface area contributed by atoms with Crippen LogP contribution in [0.25, 0.3) is 10.9 Å². The van der Waals surface area contributed by atoms with Crippen LogP contribution in [0, 0.1) is 0 Å². The lowest BCUT2D eigenvalue weighted by Crippen LogP contribution is -2.31. The van der Waals surface area contributed by atoms with Crippen LogP contribution in [0.2, 0.25) is 0 Å². The summed E-state index contributed by atoms with van der Waals surface area (Å²) < 4.78 is 39.1. The molecular formula is C14H11F3N2O2S. The number of alkyl halides is 3. The van der Waals surface area contributed by atoms with Gasteiger partial charge in [-0.05, 0) is 12.1 Å². The molecule has 0 aliphatic carbocycles. The zero-order valence-electron chi connectivity index (χ0n) is 11.4. The first-order valence-corrected chi connectivity index (χ1v) is 6.55. The largest absolute Gasteiger partial charge is 0.480 e. The van der Waals surface area contributed by atoms with Gasteiger partial charge in [0.2, 0.25) is 0 Å². The highest BCUT2D eigenvalue weighted by Gasteiger charge is 2.33. The Morgan fingerprint density at radius 1 is 1.36 bits per heavy atom. The van der Waals surface area contributed by atoms with Gasteiger partial charge < -0.3 is 10.0 Å². The monoisotopic (exact) mass is 328 g/mol. The van der Waals surface area contributed by atoms with E-state index < -0.39 is 17.7 Å². The van der Waals surface area contributed by atoms with Gasteiger partial charge in [0.05, 0.1) is 11.1 Å². The molecule has 0 aliphatic heterocycles. The summed E-state index contributed by atoms with van der Waals surface area (Å²) in [6.45, 7) is -0.346. The molecule has 0 amide bonds. The van der Waals surface area contributed by atoms with Gasteiger partial charge in [-0.1, -0.05) is 24.4 Å². The Labute approximate surface area is 129 Å². The third kappa shape index (κ3) is 3.16. The van der Waals surface area contributed by atoms with Gasteiger partial charge in [0, 0.05) is 24.2 Å². The molecule has 0 saturated heterocycles. The van der Waals surface area contributed by atoms with E-state index in [0.717, 1.165) is 6.07 Å². The van der Waals surface area contributed by atoms with Crippen LogP contribution in [-0.2, 0) is 11.0 Å². The van der Waals surface area contributed by atoms with Crippen molar-refractivity contribution < 1.29 is 23.1 Å². The summed E-state index contributed by atoms with van der Waals surface area (Å²) in [4.78, 5) is 16.0. The van der Waals surface area contributed by atoms with Gasteiger partial charge in [-0.2, -0.15) is 13.2 Å². The predicted molar refractivity (Wildman–Crippen MR) is 78.7 cm³/mol. The Balaban J connectivity index is 2.57. The molecule has 0 saturated carbocycles. The Kier molecular flexibility index (Phi) is 4.32. The van der Waals surface area contributed by atoms with Gasteiger partial charge in [-0.3, -0.25) is 9.78 Å². The van der Waals surface area contributed by atoms with Crippen molar-refractivity contribution in [3.05, 3.63) is 41.6 Å². The molecule has 1 heterocycles. The topological polar surface area (TPSA) is 53.4 Å². The lowest BCUT2D eigenvalue weighted by Gasteiger charge is -2.19. The van der Waals surface area contributed by atoms with Crippen LogP contribution in [0.4, 0.5) is 13.2 Å². The minimum Gasteiger partial charge on any atom is -0.480 e. The second-order valence-electron chi connectivity index (χ2n) is 4.61. The van der Waals surface area contributed by atoms with Gasteiger partial charge in [-0.25, -0.2) is 0 Å². The second kappa shape index (κ2) is 5.88. The molecule has 0 bridgehead atoms. The van der Waals surface area contributed by atoms with Crippen molar-refractivity contribution in [3.8, 4) is 0 Å². The van der Waals surface area contributed by atoms with E-state index >= 15 is 0 Å². The van der Waals surface area contributed by atoms with Gasteiger partial charge in [-0.15, -0.1) is 0 Å². The number of hydrogen-bond donors (Lipinski definition) is 1. The molecule has 8 heteroatoms. The maximum absolute atomic E-state index is 13.0. The molecule has 2 rings (SSSR count). The lowest BCUT2D eigenvalue weighted by molar-refractivity contribution is -0.137. The van der Waals surface area contributed by atoms with Gasteiger partial charge in [0.15, 0.2) is 0 Å². The van der Waals surface area contributed by atoms with Crippen molar-refractivity contribution in [3.63, 3.8) is 0 Å². The number of carbonyl (C=O) groups is 1. The molecular weight excluding hydrogens is 317 g/mol. The highest BCUT2D eigenvalue weighted by atomic mass is 32.1. The number of rotatable bonds is 3. The first kappa shape index (κ1) is 16.2. The van der Waals surface area contributed by atoms with E-state index in [-0.39, 0.29) is 22.4 Å². The second-order valence-corrected chi connectivity index (χ2v) is 5.00. The molecule has 1 aromatic carbocycles. The van der Waals surface area contributed by atoms with Gasteiger partial charge in [0.1, 0.15) is 11.5 Å². The summed E-state index contributed by atoms with van der Waals surface area (Å²) in [5, 5.41) is 9.02. The van der Waals surface area contributed by atoms with Crippen molar-refractivity contribution in [1.82, 2.24) is 9.88 Å². The third-order valence-corrected chi connectivity index (χ3v) is 3.56. The number of nitrogens with zero attached hydrogens (tertiary/aromatic N) is 2. The SMILES string of the molecule is CN(CC(=O)O)C(=S)c1ccnc2c(C(F)(F)F)cccc12. The van der Waals surface area contributed by atoms with Crippen molar-refractivity contribution in [2.24, 2.45) is 0 Å². The van der Waals surface area contributed by atoms with Crippen molar-refractivity contribution >= 4 is 34.1 Å². The van der Waals surface area contributed by atoms with Crippen LogP contribution in [0.1, 0.15) is 11.1 Å². The number of benzene rings is 1. The first-order chi connectivity index (χ1) is 10.2. The number of hydrogen-bond acceptors (Lipinski definition) is 3. The fourth-order valence-corrected chi connectivity index (χ4v) is 2.31. The van der Waals surface area contributed by atoms with Crippen molar-refractivity contribution in [2.75, 3.05) is 13.6 Å². The van der Waals surface area contributed by atoms with E-state index in [2.05, 4.69) is 4.98 Å². The Bertz CT molecular complexity index is 746. The molecule has 1 N–H and O–H groups in total. The molecule has 1 aromatic heterocycles. The van der Waals surface area contributed by atoms with Crippen LogP contribution >= 0.6 is 12.2 Å². The number of likely N-dealkylation sites (N-methyl/N-ethyl adjacent to an activating group) is 1. The van der Waals surface area contributed by atoms with Crippen LogP contribution in [0.3, 0.4) is 0 Å². The number of thiocarbonyl (C=S) groups is 1. The smallest absolute Gasteiger partial charge is 0.418 e. The summed E-state index contributed by atoms with van der Waals surface area (Å²) in [5.41, 5.74) is -0.719. The fourth-order valence-electron chi connectivity index (χ4n) is 2.07. The zero-order chi connectivity index (χ0) is 16.5. The number of fused-ring (bicyclic) bond motifs is 1. The molecule has 0 spiro atoms. The maximum Gasteiger partial charge on any atom is 0.418 e. The van der Waals surface area contributed by atoms with Crippen molar-refractivity contribution in [1.29, 1.82) is 0 Å². The molecule has 0 radical (unpaired) electrons. The summed E-state index contributed by atoms with van der Waals surface area (Å²) in [7, 11) is 1.47. The van der Waals surface area contributed by atoms with Crippen LogP contribution < -0.4 is 0 Å². The summed E-state index contributed by atoms with van der Waals surface area (Å²) in [5.74, 6) is -1.08. The number of halogens is 3. The maximum atomic E-state index is 13.0. The number of pyridine rings is 1. The number of carboxylic acids is 1. The molecule has 2 aromatic rings. The average Bonchev–Trinajstić information content (AvgIpc) is 2.43. The standard InChI is InChI=1S/C14H11F3N2O2S/c1-19(7-11(20)21)13(22)9-5-6-18-12-8(9)3-2-4-10(12)14(15,16)17/h2-6H,7H2,1H3,(H,20,21). The molecule has 0 atom stereocenters. The van der Waals surface area contributed by atoms with E-state index in [1.807, 2.05) is 0 Å².